The summed E-state index contributed by atoms with van der Waals surface area (Å²) in [4.78, 5) is 81.2. The van der Waals surface area contributed by atoms with Gasteiger partial charge in [0.1, 0.15) is 13.1 Å². The number of hydrogen-bond donors (Lipinski definition) is 8. The van der Waals surface area contributed by atoms with Crippen molar-refractivity contribution in [3.8, 4) is 0 Å². The van der Waals surface area contributed by atoms with Crippen molar-refractivity contribution in [2.75, 3.05) is 36.9 Å². The molecule has 15 nitrogen and oxygen atoms in total. The van der Waals surface area contributed by atoms with Crippen LogP contribution >= 0.6 is 33.3 Å². The monoisotopic (exact) mass is 622 g/mol. The first-order chi connectivity index (χ1) is 19.1. The van der Waals surface area contributed by atoms with E-state index in [0.717, 1.165) is 25.0 Å². The van der Waals surface area contributed by atoms with Crippen LogP contribution in [-0.4, -0.2) is 112 Å². The summed E-state index contributed by atoms with van der Waals surface area (Å²) in [6.45, 7) is -1.10. The highest BCUT2D eigenvalue weighted by Crippen LogP contribution is 2.33. The molecule has 0 unspecified atom stereocenters. The maximum absolute atomic E-state index is 12.2. The molecule has 2 heterocycles. The molecule has 0 saturated carbocycles. The molecule has 0 aromatic rings. The van der Waals surface area contributed by atoms with Crippen LogP contribution in [0.3, 0.4) is 0 Å². The van der Waals surface area contributed by atoms with Crippen molar-refractivity contribution in [2.45, 2.75) is 55.5 Å². The summed E-state index contributed by atoms with van der Waals surface area (Å²) in [5.41, 5.74) is 0. The quantitative estimate of drug-likeness (QED) is 0.0355. The van der Waals surface area contributed by atoms with Crippen molar-refractivity contribution < 1.29 is 43.8 Å². The van der Waals surface area contributed by atoms with Crippen molar-refractivity contribution >= 4 is 74.9 Å². The molecule has 0 aromatic carbocycles. The van der Waals surface area contributed by atoms with Gasteiger partial charge in [-0.2, -0.15) is 11.8 Å². The molecule has 224 valence electrons. The Bertz CT molecular complexity index is 927. The largest absolute Gasteiger partial charge is 0.480 e. The van der Waals surface area contributed by atoms with Crippen LogP contribution in [0.1, 0.15) is 32.1 Å². The van der Waals surface area contributed by atoms with Gasteiger partial charge in [0.15, 0.2) is 6.04 Å². The van der Waals surface area contributed by atoms with Gasteiger partial charge in [0.25, 0.3) is 11.8 Å². The van der Waals surface area contributed by atoms with Crippen LogP contribution in [0.25, 0.3) is 0 Å². The van der Waals surface area contributed by atoms with Gasteiger partial charge in [-0.15, -0.1) is 0 Å². The maximum Gasteiger partial charge on any atom is 0.322 e. The van der Waals surface area contributed by atoms with E-state index in [0.29, 0.717) is 29.7 Å². The van der Waals surface area contributed by atoms with E-state index in [1.54, 1.807) is 0 Å². The fourth-order valence-corrected chi connectivity index (χ4v) is 7.30. The van der Waals surface area contributed by atoms with Gasteiger partial charge in [-0.1, -0.05) is 28.0 Å². The maximum atomic E-state index is 12.2. The second-order valence-corrected chi connectivity index (χ2v) is 12.8. The molecule has 2 fully saturated rings. The first-order valence-electron chi connectivity index (χ1n) is 12.5. The molecule has 0 aliphatic carbocycles. The Kier molecular flexibility index (Phi) is 14.8. The number of unbranched alkanes of at least 4 members (excludes halogenated alkanes) is 1. The van der Waals surface area contributed by atoms with E-state index in [9.17, 15) is 33.6 Å². The van der Waals surface area contributed by atoms with Crippen LogP contribution in [0.15, 0.2) is 0 Å². The fraction of sp³-hybridized carbons (Fsp3) is 0.682. The van der Waals surface area contributed by atoms with Crippen molar-refractivity contribution in [1.29, 1.82) is 0 Å². The van der Waals surface area contributed by atoms with Gasteiger partial charge in [0.2, 0.25) is 11.8 Å². The molecule has 8 N–H and O–H groups in total. The van der Waals surface area contributed by atoms with Crippen LogP contribution in [-0.2, 0) is 28.8 Å². The van der Waals surface area contributed by atoms with E-state index < -0.39 is 48.8 Å². The highest BCUT2D eigenvalue weighted by molar-refractivity contribution is 8.76. The van der Waals surface area contributed by atoms with E-state index in [1.807, 2.05) is 22.4 Å². The molecule has 2 saturated heterocycles. The number of carbonyl (C=O) groups excluding carboxylic acids is 5. The van der Waals surface area contributed by atoms with Gasteiger partial charge >= 0.3 is 18.0 Å². The number of carbonyl (C=O) groups is 7. The van der Waals surface area contributed by atoms with Crippen LogP contribution in [0.5, 0.6) is 0 Å². The molecule has 40 heavy (non-hydrogen) atoms. The molecule has 2 aliphatic heterocycles. The standard InChI is InChI=1S/C22H34N6O9S3/c29-14(4-2-1-3-13-18-12(11-38-13)26-22(37)28-18)23-6-8-40-39-7-5-15(30)27-19(20(35)24-9-16(31)32)21(36)25-10-17(33)34/h12-13,18-19H,1-11H2,(H,23,29)(H,24,35)(H,25,36)(H,27,30)(H,31,32)(H,33,34)(H2,26,28,37)/t12-,13-,18-/m0/s1. The normalized spacial score (nSPS) is 19.2. The van der Waals surface area contributed by atoms with E-state index in [1.165, 1.54) is 21.6 Å². The SMILES string of the molecule is O=C(O)CNC(=O)C(NC(=O)CCSSCCNC(=O)CCCC[C@@H]1SC[C@@H]2NC(=O)N[C@@H]21)C(=O)NCC(=O)O. The highest BCUT2D eigenvalue weighted by atomic mass is 33.1. The minimum atomic E-state index is -1.78. The predicted molar refractivity (Wildman–Crippen MR) is 150 cm³/mol. The Labute approximate surface area is 242 Å². The Hall–Kier alpha value is -2.86. The highest BCUT2D eigenvalue weighted by Gasteiger charge is 2.42. The summed E-state index contributed by atoms with van der Waals surface area (Å²) in [5.74, 6) is -3.72. The van der Waals surface area contributed by atoms with E-state index >= 15 is 0 Å². The van der Waals surface area contributed by atoms with Gasteiger partial charge in [-0.25, -0.2) is 4.79 Å². The number of amides is 6. The zero-order valence-corrected chi connectivity index (χ0v) is 24.0. The molecule has 0 bridgehead atoms. The number of fused-ring (bicyclic) bond motifs is 1. The zero-order chi connectivity index (χ0) is 29.5. The van der Waals surface area contributed by atoms with E-state index in [-0.39, 0.29) is 30.4 Å². The number of carboxylic acid groups (broad SMARTS) is 2. The summed E-state index contributed by atoms with van der Waals surface area (Å²) >= 11 is 1.85. The van der Waals surface area contributed by atoms with Crippen LogP contribution < -0.4 is 31.9 Å². The first kappa shape index (κ1) is 33.3. The first-order valence-corrected chi connectivity index (χ1v) is 16.1. The molecular weight excluding hydrogens is 588 g/mol. The summed E-state index contributed by atoms with van der Waals surface area (Å²) in [5, 5.41) is 32.6. The van der Waals surface area contributed by atoms with Crippen LogP contribution in [0, 0.1) is 0 Å². The molecule has 0 spiro atoms. The predicted octanol–water partition coefficient (Wildman–Crippen LogP) is -1.51. The third kappa shape index (κ3) is 12.5. The van der Waals surface area contributed by atoms with Gasteiger partial charge in [-0.3, -0.25) is 28.8 Å². The smallest absolute Gasteiger partial charge is 0.322 e. The third-order valence-electron chi connectivity index (χ3n) is 5.74. The Morgan fingerprint density at radius 3 is 2.17 bits per heavy atom. The van der Waals surface area contributed by atoms with Crippen molar-refractivity contribution in [3.63, 3.8) is 0 Å². The summed E-state index contributed by atoms with van der Waals surface area (Å²) < 4.78 is 0. The topological polar surface area (TPSA) is 232 Å². The van der Waals surface area contributed by atoms with Gasteiger partial charge in [0, 0.05) is 41.9 Å². The van der Waals surface area contributed by atoms with Crippen LogP contribution in [0.4, 0.5) is 4.79 Å². The Morgan fingerprint density at radius 1 is 0.875 bits per heavy atom. The molecular formula is C22H34N6O9S3. The van der Waals surface area contributed by atoms with E-state index in [2.05, 4.69) is 21.3 Å². The minimum absolute atomic E-state index is 0.0360. The second-order valence-electron chi connectivity index (χ2n) is 8.84. The summed E-state index contributed by atoms with van der Waals surface area (Å²) in [7, 11) is 2.79. The number of aliphatic carboxylic acids is 2. The average Bonchev–Trinajstić information content (AvgIpc) is 3.45. The Balaban J connectivity index is 1.53. The number of rotatable bonds is 19. The number of carboxylic acids is 2. The molecule has 18 heteroatoms. The number of urea groups is 1. The number of nitrogens with one attached hydrogen (secondary N) is 6. The summed E-state index contributed by atoms with van der Waals surface area (Å²) in [6, 6.07) is -1.53. The molecule has 0 radical (unpaired) electrons. The van der Waals surface area contributed by atoms with Crippen molar-refractivity contribution in [3.05, 3.63) is 0 Å². The lowest BCUT2D eigenvalue weighted by Gasteiger charge is -2.17. The molecule has 6 amide bonds. The van der Waals surface area contributed by atoms with Gasteiger partial charge in [-0.05, 0) is 12.8 Å². The second kappa shape index (κ2) is 17.8. The van der Waals surface area contributed by atoms with Gasteiger partial charge < -0.3 is 42.1 Å². The fourth-order valence-electron chi connectivity index (χ4n) is 3.86. The lowest BCUT2D eigenvalue weighted by Crippen LogP contribution is -2.56. The van der Waals surface area contributed by atoms with Crippen molar-refractivity contribution in [2.24, 2.45) is 0 Å². The average molecular weight is 623 g/mol. The van der Waals surface area contributed by atoms with Gasteiger partial charge in [0.05, 0.1) is 12.1 Å². The molecule has 0 aromatic heterocycles. The van der Waals surface area contributed by atoms with Crippen molar-refractivity contribution in [1.82, 2.24) is 31.9 Å². The van der Waals surface area contributed by atoms with E-state index in [4.69, 9.17) is 10.2 Å². The third-order valence-corrected chi connectivity index (χ3v) is 9.66. The van der Waals surface area contributed by atoms with Crippen LogP contribution in [0.2, 0.25) is 0 Å². The molecule has 2 aliphatic rings. The minimum Gasteiger partial charge on any atom is -0.480 e. The molecule has 2 rings (SSSR count). The lowest BCUT2D eigenvalue weighted by atomic mass is 10.0. The molecule has 3 atom stereocenters. The zero-order valence-electron chi connectivity index (χ0n) is 21.6. The number of hydrogen-bond acceptors (Lipinski definition) is 10. The number of thioether (sulfide) groups is 1. The summed E-state index contributed by atoms with van der Waals surface area (Å²) in [6.07, 6.45) is 2.99. The lowest BCUT2D eigenvalue weighted by molar-refractivity contribution is -0.142. The Morgan fingerprint density at radius 2 is 1.52 bits per heavy atom.